The van der Waals surface area contributed by atoms with Crippen molar-refractivity contribution in [1.29, 1.82) is 0 Å². The predicted molar refractivity (Wildman–Crippen MR) is 122 cm³/mol. The molecule has 2 aromatic heterocycles. The van der Waals surface area contributed by atoms with Crippen LogP contribution in [-0.2, 0) is 16.1 Å². The highest BCUT2D eigenvalue weighted by molar-refractivity contribution is 6.00. The monoisotopic (exact) mass is 429 g/mol. The Morgan fingerprint density at radius 1 is 1.06 bits per heavy atom. The molecule has 2 amide bonds. The van der Waals surface area contributed by atoms with Crippen LogP contribution >= 0.6 is 0 Å². The van der Waals surface area contributed by atoms with Gasteiger partial charge in [-0.15, -0.1) is 0 Å². The molecular weight excluding hydrogens is 402 g/mol. The molecule has 32 heavy (non-hydrogen) atoms. The summed E-state index contributed by atoms with van der Waals surface area (Å²) in [4.78, 5) is 31.1. The molecule has 0 radical (unpaired) electrons. The van der Waals surface area contributed by atoms with Gasteiger partial charge in [0.2, 0.25) is 11.8 Å². The van der Waals surface area contributed by atoms with Crippen LogP contribution in [0.5, 0.6) is 0 Å². The van der Waals surface area contributed by atoms with Gasteiger partial charge in [-0.2, -0.15) is 5.10 Å². The lowest BCUT2D eigenvalue weighted by atomic mass is 10.1. The van der Waals surface area contributed by atoms with E-state index in [0.29, 0.717) is 19.1 Å². The van der Waals surface area contributed by atoms with E-state index in [2.05, 4.69) is 21.0 Å². The molecule has 1 aromatic carbocycles. The van der Waals surface area contributed by atoms with Gasteiger partial charge in [0.15, 0.2) is 0 Å². The lowest BCUT2D eigenvalue weighted by Crippen LogP contribution is -2.32. The number of benzene rings is 1. The first-order valence-electron chi connectivity index (χ1n) is 11.3. The zero-order valence-electron chi connectivity index (χ0n) is 18.0. The summed E-state index contributed by atoms with van der Waals surface area (Å²) in [6.07, 6.45) is 8.52. The van der Waals surface area contributed by atoms with Crippen LogP contribution in [0.25, 0.3) is 11.3 Å². The Balaban J connectivity index is 1.28. The van der Waals surface area contributed by atoms with E-state index >= 15 is 0 Å². The van der Waals surface area contributed by atoms with Gasteiger partial charge in [0.1, 0.15) is 0 Å². The number of anilines is 1. The lowest BCUT2D eigenvalue weighted by molar-refractivity contribution is -0.126. The van der Waals surface area contributed by atoms with Gasteiger partial charge < -0.3 is 10.2 Å². The molecular formula is C25H27N5O2. The Labute approximate surface area is 187 Å². The maximum absolute atomic E-state index is 12.8. The second kappa shape index (κ2) is 8.94. The zero-order chi connectivity index (χ0) is 21.9. The molecule has 1 aliphatic carbocycles. The second-order valence-corrected chi connectivity index (χ2v) is 8.60. The number of amides is 2. The maximum atomic E-state index is 12.8. The van der Waals surface area contributed by atoms with Crippen molar-refractivity contribution in [2.75, 3.05) is 11.4 Å². The summed E-state index contributed by atoms with van der Waals surface area (Å²) in [6, 6.07) is 16.0. The molecule has 0 bridgehead atoms. The summed E-state index contributed by atoms with van der Waals surface area (Å²) in [6.45, 7) is 0.764. The molecule has 2 aliphatic rings. The third-order valence-electron chi connectivity index (χ3n) is 6.44. The number of hydrogen-bond acceptors (Lipinski definition) is 4. The fraction of sp³-hybridized carbons (Fsp3) is 0.360. The van der Waals surface area contributed by atoms with Crippen LogP contribution in [0.15, 0.2) is 60.9 Å². The predicted octanol–water partition coefficient (Wildman–Crippen LogP) is 3.73. The summed E-state index contributed by atoms with van der Waals surface area (Å²) in [7, 11) is 0. The Morgan fingerprint density at radius 2 is 1.81 bits per heavy atom. The molecule has 2 fully saturated rings. The van der Waals surface area contributed by atoms with Crippen molar-refractivity contribution in [3.63, 3.8) is 0 Å². The molecule has 5 rings (SSSR count). The summed E-state index contributed by atoms with van der Waals surface area (Å²) in [5.41, 5.74) is 3.82. The fourth-order valence-corrected chi connectivity index (χ4v) is 4.76. The van der Waals surface area contributed by atoms with E-state index in [0.717, 1.165) is 35.5 Å². The van der Waals surface area contributed by atoms with Crippen LogP contribution < -0.4 is 10.2 Å². The number of pyridine rings is 1. The van der Waals surface area contributed by atoms with E-state index in [9.17, 15) is 9.59 Å². The molecule has 164 valence electrons. The Kier molecular flexibility index (Phi) is 5.71. The quantitative estimate of drug-likeness (QED) is 0.648. The first-order chi connectivity index (χ1) is 15.7. The Bertz CT molecular complexity index is 1090. The standard InChI is InChI=1S/C25H27N5O2/c31-24-14-19(17-29(24)21-6-2-1-3-7-21)25(32)27-16-20-15-23(18-10-12-26-13-11-18)30(28-20)22-8-4-5-9-22/h1-3,6-7,10-13,15,19,22H,4-5,8-9,14,16-17H2,(H,27,32). The van der Waals surface area contributed by atoms with E-state index < -0.39 is 0 Å². The van der Waals surface area contributed by atoms with Crippen LogP contribution in [-0.4, -0.2) is 33.1 Å². The highest BCUT2D eigenvalue weighted by atomic mass is 16.2. The zero-order valence-corrected chi connectivity index (χ0v) is 18.0. The lowest BCUT2D eigenvalue weighted by Gasteiger charge is -2.16. The number of hydrogen-bond donors (Lipinski definition) is 1. The van der Waals surface area contributed by atoms with Gasteiger partial charge in [-0.05, 0) is 43.2 Å². The summed E-state index contributed by atoms with van der Waals surface area (Å²) < 4.78 is 2.13. The van der Waals surface area contributed by atoms with Crippen molar-refractivity contribution in [3.8, 4) is 11.3 Å². The number of aromatic nitrogens is 3. The van der Waals surface area contributed by atoms with Crippen molar-refractivity contribution >= 4 is 17.5 Å². The molecule has 1 atom stereocenters. The van der Waals surface area contributed by atoms with Crippen molar-refractivity contribution in [1.82, 2.24) is 20.1 Å². The van der Waals surface area contributed by atoms with Crippen LogP contribution in [0.3, 0.4) is 0 Å². The first-order valence-corrected chi connectivity index (χ1v) is 11.3. The van der Waals surface area contributed by atoms with E-state index in [1.54, 1.807) is 17.3 Å². The Hall–Kier alpha value is -3.48. The highest BCUT2D eigenvalue weighted by Crippen LogP contribution is 2.33. The van der Waals surface area contributed by atoms with Gasteiger partial charge in [0, 0.05) is 36.6 Å². The van der Waals surface area contributed by atoms with E-state index in [4.69, 9.17) is 5.10 Å². The molecule has 1 unspecified atom stereocenters. The SMILES string of the molecule is O=C(NCc1cc(-c2ccncc2)n(C2CCCC2)n1)C1CC(=O)N(c2ccccc2)C1. The van der Waals surface area contributed by atoms with Crippen LogP contribution in [0.1, 0.15) is 43.8 Å². The van der Waals surface area contributed by atoms with Crippen molar-refractivity contribution in [3.05, 3.63) is 66.6 Å². The molecule has 3 aromatic rings. The molecule has 0 spiro atoms. The number of rotatable bonds is 6. The average Bonchev–Trinajstić information content (AvgIpc) is 3.58. The number of carbonyl (C=O) groups is 2. The Morgan fingerprint density at radius 3 is 2.56 bits per heavy atom. The molecule has 1 saturated heterocycles. The topological polar surface area (TPSA) is 80.1 Å². The number of nitrogens with zero attached hydrogens (tertiary/aromatic N) is 4. The van der Waals surface area contributed by atoms with Gasteiger partial charge in [0.25, 0.3) is 0 Å². The number of nitrogens with one attached hydrogen (secondary N) is 1. The minimum Gasteiger partial charge on any atom is -0.350 e. The molecule has 7 nitrogen and oxygen atoms in total. The summed E-state index contributed by atoms with van der Waals surface area (Å²) in [5, 5.41) is 7.86. The molecule has 1 N–H and O–H groups in total. The fourth-order valence-electron chi connectivity index (χ4n) is 4.76. The summed E-state index contributed by atoms with van der Waals surface area (Å²) >= 11 is 0. The summed E-state index contributed by atoms with van der Waals surface area (Å²) in [5.74, 6) is -0.459. The third-order valence-corrected chi connectivity index (χ3v) is 6.44. The minimum atomic E-state index is -0.348. The van der Waals surface area contributed by atoms with Gasteiger partial charge in [-0.3, -0.25) is 19.3 Å². The van der Waals surface area contributed by atoms with Gasteiger partial charge >= 0.3 is 0 Å². The molecule has 3 heterocycles. The molecule has 7 heteroatoms. The number of carbonyl (C=O) groups excluding carboxylic acids is 2. The van der Waals surface area contributed by atoms with E-state index in [1.807, 2.05) is 42.5 Å². The second-order valence-electron chi connectivity index (χ2n) is 8.60. The smallest absolute Gasteiger partial charge is 0.227 e. The highest BCUT2D eigenvalue weighted by Gasteiger charge is 2.35. The van der Waals surface area contributed by atoms with E-state index in [1.165, 1.54) is 12.8 Å². The number of para-hydroxylation sites is 1. The van der Waals surface area contributed by atoms with E-state index in [-0.39, 0.29) is 24.2 Å². The van der Waals surface area contributed by atoms with Crippen LogP contribution in [0, 0.1) is 5.92 Å². The first kappa shape index (κ1) is 20.4. The van der Waals surface area contributed by atoms with Gasteiger partial charge in [0.05, 0.1) is 29.9 Å². The van der Waals surface area contributed by atoms with Gasteiger partial charge in [-0.1, -0.05) is 31.0 Å². The maximum Gasteiger partial charge on any atom is 0.227 e. The van der Waals surface area contributed by atoms with Gasteiger partial charge in [-0.25, -0.2) is 0 Å². The molecule has 1 saturated carbocycles. The minimum absolute atomic E-state index is 0.0122. The van der Waals surface area contributed by atoms with Crippen LogP contribution in [0.2, 0.25) is 0 Å². The average molecular weight is 430 g/mol. The van der Waals surface area contributed by atoms with Crippen LogP contribution in [0.4, 0.5) is 5.69 Å². The largest absolute Gasteiger partial charge is 0.350 e. The van der Waals surface area contributed by atoms with Crippen molar-refractivity contribution in [2.45, 2.75) is 44.7 Å². The third kappa shape index (κ3) is 4.15. The normalized spacial score (nSPS) is 18.9. The van der Waals surface area contributed by atoms with Crippen molar-refractivity contribution in [2.24, 2.45) is 5.92 Å². The van der Waals surface area contributed by atoms with Crippen molar-refractivity contribution < 1.29 is 9.59 Å². The molecule has 1 aliphatic heterocycles.